The Morgan fingerprint density at radius 3 is 2.97 bits per heavy atom. The number of aryl methyl sites for hydroxylation is 1. The van der Waals surface area contributed by atoms with Crippen molar-refractivity contribution in [3.05, 3.63) is 53.7 Å². The standard InChI is InChI=1S/C23H28N4O2/c1-23(2,3)11-9-15-7-8-16-19(10-12-29-21(16)13-15)26-22(28)25-18-5-4-6-20-17(18)14-24-27-20/h4-8,13-14,19H,9-12H2,1-3H3,(H,24,27)(H2,25,26,28). The highest BCUT2D eigenvalue weighted by Gasteiger charge is 2.24. The minimum absolute atomic E-state index is 0.0704. The van der Waals surface area contributed by atoms with E-state index in [1.165, 1.54) is 5.56 Å². The van der Waals surface area contributed by atoms with Crippen LogP contribution in [0.3, 0.4) is 0 Å². The number of amides is 2. The fraction of sp³-hybridized carbons (Fsp3) is 0.391. The number of carbonyl (C=O) groups excluding carboxylic acids is 1. The summed E-state index contributed by atoms with van der Waals surface area (Å²) < 4.78 is 5.89. The molecule has 6 nitrogen and oxygen atoms in total. The second-order valence-electron chi connectivity index (χ2n) is 8.86. The molecule has 2 heterocycles. The number of hydrogen-bond acceptors (Lipinski definition) is 3. The molecule has 4 rings (SSSR count). The van der Waals surface area contributed by atoms with E-state index in [1.54, 1.807) is 6.20 Å². The summed E-state index contributed by atoms with van der Waals surface area (Å²) in [6, 6.07) is 11.8. The van der Waals surface area contributed by atoms with Gasteiger partial charge in [0.05, 0.1) is 30.0 Å². The maximum Gasteiger partial charge on any atom is 0.319 e. The lowest BCUT2D eigenvalue weighted by atomic mass is 9.88. The molecule has 0 fully saturated rings. The topological polar surface area (TPSA) is 79.0 Å². The largest absolute Gasteiger partial charge is 0.493 e. The van der Waals surface area contributed by atoms with Crippen LogP contribution in [0.5, 0.6) is 5.75 Å². The average Bonchev–Trinajstić information content (AvgIpc) is 3.16. The van der Waals surface area contributed by atoms with Crippen molar-refractivity contribution in [1.82, 2.24) is 15.5 Å². The van der Waals surface area contributed by atoms with Gasteiger partial charge in [0, 0.05) is 17.4 Å². The van der Waals surface area contributed by atoms with Gasteiger partial charge in [-0.15, -0.1) is 0 Å². The van der Waals surface area contributed by atoms with E-state index in [2.05, 4.69) is 59.8 Å². The third-order valence-electron chi connectivity index (χ3n) is 5.32. The van der Waals surface area contributed by atoms with Crippen molar-refractivity contribution in [3.8, 4) is 5.75 Å². The molecule has 0 saturated heterocycles. The fourth-order valence-electron chi connectivity index (χ4n) is 3.65. The van der Waals surface area contributed by atoms with E-state index in [9.17, 15) is 4.79 Å². The number of carbonyl (C=O) groups is 1. The summed E-state index contributed by atoms with van der Waals surface area (Å²) in [5.41, 5.74) is 4.24. The van der Waals surface area contributed by atoms with Gasteiger partial charge in [0.15, 0.2) is 0 Å². The first-order chi connectivity index (χ1) is 13.9. The molecule has 1 aromatic heterocycles. The Balaban J connectivity index is 1.45. The number of H-pyrrole nitrogens is 1. The predicted molar refractivity (Wildman–Crippen MR) is 115 cm³/mol. The van der Waals surface area contributed by atoms with Gasteiger partial charge >= 0.3 is 6.03 Å². The Bertz CT molecular complexity index is 1020. The third-order valence-corrected chi connectivity index (χ3v) is 5.32. The Morgan fingerprint density at radius 1 is 1.28 bits per heavy atom. The Morgan fingerprint density at radius 2 is 2.14 bits per heavy atom. The molecule has 0 bridgehead atoms. The lowest BCUT2D eigenvalue weighted by Crippen LogP contribution is -2.35. The molecule has 3 aromatic rings. The number of nitrogens with one attached hydrogen (secondary N) is 3. The zero-order valence-electron chi connectivity index (χ0n) is 17.2. The number of aromatic nitrogens is 2. The maximum atomic E-state index is 12.6. The van der Waals surface area contributed by atoms with Crippen molar-refractivity contribution >= 4 is 22.6 Å². The Hall–Kier alpha value is -3.02. The minimum atomic E-state index is -0.228. The molecule has 0 spiro atoms. The number of urea groups is 1. The van der Waals surface area contributed by atoms with Crippen LogP contribution in [0.15, 0.2) is 42.6 Å². The summed E-state index contributed by atoms with van der Waals surface area (Å²) in [6.07, 6.45) is 4.61. The van der Waals surface area contributed by atoms with Gasteiger partial charge < -0.3 is 15.4 Å². The number of aromatic amines is 1. The molecule has 0 radical (unpaired) electrons. The van der Waals surface area contributed by atoms with Crippen LogP contribution in [0.2, 0.25) is 0 Å². The molecule has 1 aliphatic rings. The summed E-state index contributed by atoms with van der Waals surface area (Å²) in [5.74, 6) is 0.880. The highest BCUT2D eigenvalue weighted by Crippen LogP contribution is 2.34. The first kappa shape index (κ1) is 19.3. The van der Waals surface area contributed by atoms with Gasteiger partial charge in [0.1, 0.15) is 5.75 Å². The van der Waals surface area contributed by atoms with Gasteiger partial charge in [-0.3, -0.25) is 5.10 Å². The Labute approximate surface area is 171 Å². The van der Waals surface area contributed by atoms with Crippen LogP contribution in [0.25, 0.3) is 10.9 Å². The van der Waals surface area contributed by atoms with Gasteiger partial charge in [-0.2, -0.15) is 5.10 Å². The van der Waals surface area contributed by atoms with E-state index in [0.717, 1.165) is 47.2 Å². The van der Waals surface area contributed by atoms with Crippen molar-refractivity contribution in [2.24, 2.45) is 5.41 Å². The molecule has 29 heavy (non-hydrogen) atoms. The summed E-state index contributed by atoms with van der Waals surface area (Å²) >= 11 is 0. The molecule has 2 amide bonds. The molecule has 2 aromatic carbocycles. The molecule has 1 unspecified atom stereocenters. The normalized spacial score (nSPS) is 16.2. The number of nitrogens with zero attached hydrogens (tertiary/aromatic N) is 1. The monoisotopic (exact) mass is 392 g/mol. The van der Waals surface area contributed by atoms with Crippen molar-refractivity contribution in [1.29, 1.82) is 0 Å². The number of rotatable bonds is 4. The molecule has 1 aliphatic heterocycles. The second kappa shape index (κ2) is 7.78. The SMILES string of the molecule is CC(C)(C)CCc1ccc2c(c1)OCCC2NC(=O)Nc1cccc2[nH]ncc12. The summed E-state index contributed by atoms with van der Waals surface area (Å²) in [4.78, 5) is 12.6. The van der Waals surface area contributed by atoms with Gasteiger partial charge in [-0.1, -0.05) is 39.0 Å². The van der Waals surface area contributed by atoms with E-state index in [4.69, 9.17) is 4.74 Å². The number of anilines is 1. The van der Waals surface area contributed by atoms with Crippen LogP contribution in [0.4, 0.5) is 10.5 Å². The zero-order chi connectivity index (χ0) is 20.4. The van der Waals surface area contributed by atoms with Crippen LogP contribution < -0.4 is 15.4 Å². The van der Waals surface area contributed by atoms with Crippen LogP contribution in [0, 0.1) is 5.41 Å². The van der Waals surface area contributed by atoms with Crippen molar-refractivity contribution in [3.63, 3.8) is 0 Å². The van der Waals surface area contributed by atoms with E-state index in [1.807, 2.05) is 18.2 Å². The molecular weight excluding hydrogens is 364 g/mol. The predicted octanol–water partition coefficient (Wildman–Crippen LogP) is 5.19. The average molecular weight is 393 g/mol. The van der Waals surface area contributed by atoms with Gasteiger partial charge in [-0.25, -0.2) is 4.79 Å². The van der Waals surface area contributed by atoms with Crippen LogP contribution >= 0.6 is 0 Å². The number of benzene rings is 2. The third kappa shape index (κ3) is 4.53. The van der Waals surface area contributed by atoms with Crippen molar-refractivity contribution in [2.45, 2.75) is 46.1 Å². The molecule has 0 aliphatic carbocycles. The van der Waals surface area contributed by atoms with E-state index < -0.39 is 0 Å². The molecule has 6 heteroatoms. The van der Waals surface area contributed by atoms with Crippen molar-refractivity contribution in [2.75, 3.05) is 11.9 Å². The zero-order valence-corrected chi connectivity index (χ0v) is 17.2. The Kier molecular flexibility index (Phi) is 5.18. The van der Waals surface area contributed by atoms with Crippen LogP contribution in [-0.4, -0.2) is 22.8 Å². The lowest BCUT2D eigenvalue weighted by molar-refractivity contribution is 0.232. The van der Waals surface area contributed by atoms with Gasteiger partial charge in [0.25, 0.3) is 0 Å². The van der Waals surface area contributed by atoms with Crippen LogP contribution in [-0.2, 0) is 6.42 Å². The first-order valence-electron chi connectivity index (χ1n) is 10.1. The van der Waals surface area contributed by atoms with Crippen LogP contribution in [0.1, 0.15) is 50.8 Å². The van der Waals surface area contributed by atoms with E-state index in [-0.39, 0.29) is 12.1 Å². The minimum Gasteiger partial charge on any atom is -0.493 e. The number of fused-ring (bicyclic) bond motifs is 2. The van der Waals surface area contributed by atoms with E-state index in [0.29, 0.717) is 12.0 Å². The summed E-state index contributed by atoms with van der Waals surface area (Å²) in [6.45, 7) is 7.36. The lowest BCUT2D eigenvalue weighted by Gasteiger charge is -2.27. The van der Waals surface area contributed by atoms with Crippen molar-refractivity contribution < 1.29 is 9.53 Å². The molecule has 0 saturated carbocycles. The second-order valence-corrected chi connectivity index (χ2v) is 8.86. The fourth-order valence-corrected chi connectivity index (χ4v) is 3.65. The number of hydrogen-bond donors (Lipinski definition) is 3. The molecule has 3 N–H and O–H groups in total. The quantitative estimate of drug-likeness (QED) is 0.572. The highest BCUT2D eigenvalue weighted by molar-refractivity contribution is 6.00. The maximum absolute atomic E-state index is 12.6. The highest BCUT2D eigenvalue weighted by atomic mass is 16.5. The number of ether oxygens (including phenoxy) is 1. The molecule has 152 valence electrons. The van der Waals surface area contributed by atoms with Gasteiger partial charge in [-0.05, 0) is 42.0 Å². The summed E-state index contributed by atoms with van der Waals surface area (Å²) in [7, 11) is 0. The van der Waals surface area contributed by atoms with Gasteiger partial charge in [0.2, 0.25) is 0 Å². The van der Waals surface area contributed by atoms with E-state index >= 15 is 0 Å². The summed E-state index contributed by atoms with van der Waals surface area (Å²) in [5, 5.41) is 13.9. The smallest absolute Gasteiger partial charge is 0.319 e. The first-order valence-corrected chi connectivity index (χ1v) is 10.1. The molecular formula is C23H28N4O2. The molecule has 1 atom stereocenters.